The summed E-state index contributed by atoms with van der Waals surface area (Å²) >= 11 is 12.8. The van der Waals surface area contributed by atoms with Crippen molar-refractivity contribution in [1.29, 1.82) is 5.26 Å². The van der Waals surface area contributed by atoms with Gasteiger partial charge in [-0.1, -0.05) is 40.9 Å². The first-order chi connectivity index (χ1) is 21.0. The summed E-state index contributed by atoms with van der Waals surface area (Å²) in [6, 6.07) is 13.6. The van der Waals surface area contributed by atoms with E-state index in [9.17, 15) is 9.65 Å². The van der Waals surface area contributed by atoms with Crippen LogP contribution in [0.2, 0.25) is 10.0 Å². The summed E-state index contributed by atoms with van der Waals surface area (Å²) in [5.74, 6) is -0.535. The number of rotatable bonds is 9. The lowest BCUT2D eigenvalue weighted by atomic mass is 10.0. The number of likely N-dealkylation sites (tertiary alicyclic amines) is 1. The zero-order valence-corrected chi connectivity index (χ0v) is 24.7. The molecule has 9 nitrogen and oxygen atoms in total. The van der Waals surface area contributed by atoms with E-state index >= 15 is 0 Å². The molecule has 3 aromatic heterocycles. The number of nitriles is 1. The van der Waals surface area contributed by atoms with Gasteiger partial charge in [0.15, 0.2) is 0 Å². The van der Waals surface area contributed by atoms with E-state index in [4.69, 9.17) is 23.2 Å². The number of halogens is 3. The lowest BCUT2D eigenvalue weighted by Gasteiger charge is -2.26. The first kappa shape index (κ1) is 28.8. The first-order valence-corrected chi connectivity index (χ1v) is 14.8. The van der Waals surface area contributed by atoms with Crippen LogP contribution in [0.4, 0.5) is 21.5 Å². The van der Waals surface area contributed by atoms with Crippen LogP contribution in [0.15, 0.2) is 67.3 Å². The smallest absolute Gasteiger partial charge is 0.141 e. The maximum Gasteiger partial charge on any atom is 0.141 e. The summed E-state index contributed by atoms with van der Waals surface area (Å²) in [5.41, 5.74) is 4.08. The molecule has 0 aliphatic carbocycles. The molecule has 0 bridgehead atoms. The Morgan fingerprint density at radius 1 is 1.00 bits per heavy atom. The predicted octanol–water partition coefficient (Wildman–Crippen LogP) is 6.97. The van der Waals surface area contributed by atoms with Gasteiger partial charge in [0, 0.05) is 41.9 Å². The van der Waals surface area contributed by atoms with Crippen LogP contribution < -0.4 is 10.6 Å². The van der Waals surface area contributed by atoms with E-state index in [0.29, 0.717) is 38.6 Å². The topological polar surface area (TPSA) is 108 Å². The Hall–Kier alpha value is -4.30. The number of hydrogen-bond acceptors (Lipinski definition) is 8. The number of pyridine rings is 2. The van der Waals surface area contributed by atoms with Crippen LogP contribution in [-0.2, 0) is 6.54 Å². The molecule has 0 spiro atoms. The number of piperidine rings is 1. The summed E-state index contributed by atoms with van der Waals surface area (Å²) in [4.78, 5) is 11.2. The minimum Gasteiger partial charge on any atom is -0.373 e. The number of nitrogens with zero attached hydrogens (tertiary/aromatic N) is 7. The monoisotopic (exact) mass is 615 g/mol. The summed E-state index contributed by atoms with van der Waals surface area (Å²) in [5, 5.41) is 26.5. The Morgan fingerprint density at radius 3 is 2.60 bits per heavy atom. The first-order valence-electron chi connectivity index (χ1n) is 14.0. The van der Waals surface area contributed by atoms with Crippen molar-refractivity contribution in [2.24, 2.45) is 0 Å². The molecule has 1 atom stereocenters. The highest BCUT2D eigenvalue weighted by molar-refractivity contribution is 6.36. The third-order valence-corrected chi connectivity index (χ3v) is 8.09. The molecule has 1 saturated heterocycles. The summed E-state index contributed by atoms with van der Waals surface area (Å²) in [7, 11) is 0. The highest BCUT2D eigenvalue weighted by Crippen LogP contribution is 2.37. The molecule has 1 fully saturated rings. The quantitative estimate of drug-likeness (QED) is 0.183. The molecule has 218 valence electrons. The van der Waals surface area contributed by atoms with E-state index in [-0.39, 0.29) is 11.1 Å². The zero-order chi connectivity index (χ0) is 29.8. The highest BCUT2D eigenvalue weighted by atomic mass is 35.5. The van der Waals surface area contributed by atoms with Gasteiger partial charge in [0.2, 0.25) is 0 Å². The minimum atomic E-state index is -0.535. The van der Waals surface area contributed by atoms with E-state index in [0.717, 1.165) is 37.4 Å². The average molecular weight is 617 g/mol. The lowest BCUT2D eigenvalue weighted by Crippen LogP contribution is -2.32. The van der Waals surface area contributed by atoms with Gasteiger partial charge in [-0.15, -0.1) is 5.10 Å². The summed E-state index contributed by atoms with van der Waals surface area (Å²) in [6.07, 6.45) is 10.7. The Morgan fingerprint density at radius 2 is 1.84 bits per heavy atom. The Kier molecular flexibility index (Phi) is 8.65. The summed E-state index contributed by atoms with van der Waals surface area (Å²) < 4.78 is 15.7. The van der Waals surface area contributed by atoms with E-state index in [1.807, 2.05) is 29.1 Å². The Bertz CT molecular complexity index is 1780. The van der Waals surface area contributed by atoms with Gasteiger partial charge in [-0.2, -0.15) is 5.26 Å². The second-order valence-electron chi connectivity index (χ2n) is 10.4. The molecule has 2 aromatic carbocycles. The Balaban J connectivity index is 1.34. The molecule has 1 aliphatic heterocycles. The third-order valence-electron chi connectivity index (χ3n) is 7.51. The molecule has 43 heavy (non-hydrogen) atoms. The van der Waals surface area contributed by atoms with Crippen molar-refractivity contribution < 1.29 is 4.39 Å². The van der Waals surface area contributed by atoms with Gasteiger partial charge in [0.05, 0.1) is 45.6 Å². The van der Waals surface area contributed by atoms with Crippen LogP contribution >= 0.6 is 23.2 Å². The molecule has 0 amide bonds. The molecular weight excluding hydrogens is 588 g/mol. The van der Waals surface area contributed by atoms with Crippen molar-refractivity contribution in [3.05, 3.63) is 99.9 Å². The number of hydrogen-bond donors (Lipinski definition) is 2. The fourth-order valence-corrected chi connectivity index (χ4v) is 5.75. The van der Waals surface area contributed by atoms with Crippen LogP contribution in [0.5, 0.6) is 0 Å². The highest BCUT2D eigenvalue weighted by Gasteiger charge is 2.21. The maximum atomic E-state index is 13.8. The number of benzene rings is 2. The minimum absolute atomic E-state index is 0.0365. The molecule has 0 unspecified atom stereocenters. The van der Waals surface area contributed by atoms with Gasteiger partial charge in [-0.25, -0.2) is 4.39 Å². The largest absolute Gasteiger partial charge is 0.373 e. The van der Waals surface area contributed by atoms with Crippen LogP contribution in [0.3, 0.4) is 0 Å². The van der Waals surface area contributed by atoms with Crippen LogP contribution in [0.25, 0.3) is 10.9 Å². The molecular formula is C31H28Cl2FN9. The standard InChI is InChI=1S/C31H28Cl2FN9/c32-25-14-22(6-7-27(25)34)38-29-21(16-35)18-37-31-24(29)13-23(15-26(31)33)39-30(20-5-4-8-36-17-20)28-19-43(41-40-28)12-11-42-9-2-1-3-10-42/h4-8,13-15,17-19,30,39H,1-3,9-12H2,(H,37,38)/t30-/m0/s1. The van der Waals surface area contributed by atoms with Crippen molar-refractivity contribution in [3.63, 3.8) is 0 Å². The van der Waals surface area contributed by atoms with E-state index in [1.165, 1.54) is 37.6 Å². The molecule has 12 heteroatoms. The number of fused-ring (bicyclic) bond motifs is 1. The van der Waals surface area contributed by atoms with E-state index in [1.54, 1.807) is 24.5 Å². The van der Waals surface area contributed by atoms with Crippen molar-refractivity contribution in [1.82, 2.24) is 29.9 Å². The molecule has 1 aliphatic rings. The molecule has 0 saturated carbocycles. The second kappa shape index (κ2) is 12.9. The van der Waals surface area contributed by atoms with Crippen molar-refractivity contribution in [2.75, 3.05) is 30.3 Å². The van der Waals surface area contributed by atoms with Crippen molar-refractivity contribution in [2.45, 2.75) is 31.8 Å². The molecule has 6 rings (SSSR count). The molecule has 0 radical (unpaired) electrons. The normalized spacial score (nSPS) is 14.4. The Labute approximate surface area is 258 Å². The van der Waals surface area contributed by atoms with Crippen molar-refractivity contribution >= 4 is 51.2 Å². The van der Waals surface area contributed by atoms with Gasteiger partial charge < -0.3 is 15.5 Å². The average Bonchev–Trinajstić information content (AvgIpc) is 3.50. The van der Waals surface area contributed by atoms with Gasteiger partial charge in [-0.05, 0) is 67.9 Å². The summed E-state index contributed by atoms with van der Waals surface area (Å²) in [6.45, 7) is 3.92. The molecule has 5 aromatic rings. The second-order valence-corrected chi connectivity index (χ2v) is 11.3. The van der Waals surface area contributed by atoms with Gasteiger partial charge in [0.25, 0.3) is 0 Å². The van der Waals surface area contributed by atoms with Crippen molar-refractivity contribution in [3.8, 4) is 6.07 Å². The van der Waals surface area contributed by atoms with Gasteiger partial charge in [0.1, 0.15) is 17.6 Å². The predicted molar refractivity (Wildman–Crippen MR) is 166 cm³/mol. The fourth-order valence-electron chi connectivity index (χ4n) is 5.30. The molecule has 4 heterocycles. The third kappa shape index (κ3) is 6.54. The number of aromatic nitrogens is 5. The zero-order valence-electron chi connectivity index (χ0n) is 23.1. The van der Waals surface area contributed by atoms with Gasteiger partial charge >= 0.3 is 0 Å². The molecule has 2 N–H and O–H groups in total. The SMILES string of the molecule is N#Cc1cnc2c(Cl)cc(N[C@@H](c3cccnc3)c3cn(CCN4CCCCC4)nn3)cc2c1Nc1ccc(F)c(Cl)c1. The van der Waals surface area contributed by atoms with Crippen LogP contribution in [0, 0.1) is 17.1 Å². The van der Waals surface area contributed by atoms with E-state index in [2.05, 4.69) is 41.9 Å². The van der Waals surface area contributed by atoms with Crippen LogP contribution in [0.1, 0.15) is 42.1 Å². The van der Waals surface area contributed by atoms with Crippen LogP contribution in [-0.4, -0.2) is 49.5 Å². The number of nitrogens with one attached hydrogen (secondary N) is 2. The fraction of sp³-hybridized carbons (Fsp3) is 0.258. The van der Waals surface area contributed by atoms with Gasteiger partial charge in [-0.3, -0.25) is 14.6 Å². The number of anilines is 3. The maximum absolute atomic E-state index is 13.8. The van der Waals surface area contributed by atoms with E-state index < -0.39 is 5.82 Å². The lowest BCUT2D eigenvalue weighted by molar-refractivity contribution is 0.217.